The monoisotopic (exact) mass is 330 g/mol. The molecule has 1 aromatic rings. The molecule has 0 radical (unpaired) electrons. The first-order valence-corrected chi connectivity index (χ1v) is 6.78. The lowest BCUT2D eigenvalue weighted by atomic mass is 10.2. The van der Waals surface area contributed by atoms with Crippen LogP contribution in [-0.2, 0) is 26.2 Å². The Morgan fingerprint density at radius 3 is 2.57 bits per heavy atom. The van der Waals surface area contributed by atoms with Crippen molar-refractivity contribution < 1.29 is 27.9 Å². The number of anilines is 1. The summed E-state index contributed by atoms with van der Waals surface area (Å²) in [6.07, 6.45) is -0.679. The zero-order valence-corrected chi connectivity index (χ0v) is 12.6. The molecule has 0 aliphatic heterocycles. The van der Waals surface area contributed by atoms with Gasteiger partial charge in [-0.2, -0.15) is 5.10 Å². The zero-order valence-electron chi connectivity index (χ0n) is 12.6. The number of nitrogens with zero attached hydrogens (tertiary/aromatic N) is 2. The molecule has 1 aromatic heterocycles. The Labute approximate surface area is 130 Å². The minimum atomic E-state index is -2.89. The maximum absolute atomic E-state index is 12.8. The second kappa shape index (κ2) is 6.31. The van der Waals surface area contributed by atoms with Gasteiger partial charge in [0.05, 0.1) is 24.8 Å². The van der Waals surface area contributed by atoms with Crippen LogP contribution in [0.15, 0.2) is 6.20 Å². The highest BCUT2D eigenvalue weighted by atomic mass is 19.3. The zero-order chi connectivity index (χ0) is 17.2. The van der Waals surface area contributed by atoms with Crippen LogP contribution in [0.5, 0.6) is 0 Å². The second-order valence-electron chi connectivity index (χ2n) is 5.34. The number of aryl methyl sites for hydroxylation is 1. The van der Waals surface area contributed by atoms with E-state index in [1.54, 1.807) is 0 Å². The minimum Gasteiger partial charge on any atom is -0.469 e. The first-order valence-electron chi connectivity index (χ1n) is 6.78. The summed E-state index contributed by atoms with van der Waals surface area (Å²) < 4.78 is 31.2. The quantitative estimate of drug-likeness (QED) is 0.605. The molecule has 2 rings (SSSR count). The van der Waals surface area contributed by atoms with Crippen LogP contribution in [-0.4, -0.2) is 40.2 Å². The van der Waals surface area contributed by atoms with Gasteiger partial charge in [-0.1, -0.05) is 0 Å². The Hall–Kier alpha value is -2.52. The van der Waals surface area contributed by atoms with Gasteiger partial charge in [0.2, 0.25) is 0 Å². The van der Waals surface area contributed by atoms with E-state index in [2.05, 4.69) is 20.5 Å². The molecule has 0 saturated heterocycles. The fourth-order valence-corrected chi connectivity index (χ4v) is 2.09. The molecule has 1 fully saturated rings. The largest absolute Gasteiger partial charge is 0.469 e. The van der Waals surface area contributed by atoms with Crippen LogP contribution in [0.3, 0.4) is 0 Å². The number of ether oxygens (including phenoxy) is 1. The van der Waals surface area contributed by atoms with E-state index in [0.717, 1.165) is 4.68 Å². The maximum Gasteiger partial charge on any atom is 0.313 e. The molecule has 23 heavy (non-hydrogen) atoms. The molecule has 0 spiro atoms. The molecule has 1 saturated carbocycles. The normalized spacial score (nSPS) is 15.2. The van der Waals surface area contributed by atoms with Crippen molar-refractivity contribution in [2.45, 2.75) is 31.2 Å². The van der Waals surface area contributed by atoms with Crippen molar-refractivity contribution in [3.05, 3.63) is 11.9 Å². The number of hydrogen-bond donors (Lipinski definition) is 2. The number of esters is 1. The van der Waals surface area contributed by atoms with Gasteiger partial charge in [-0.05, 0) is 12.8 Å². The van der Waals surface area contributed by atoms with Gasteiger partial charge in [-0.3, -0.25) is 19.1 Å². The Bertz CT molecular complexity index is 640. The first kappa shape index (κ1) is 16.8. The summed E-state index contributed by atoms with van der Waals surface area (Å²) in [6.45, 7) is 0. The highest BCUT2D eigenvalue weighted by Gasteiger charge is 2.47. The van der Waals surface area contributed by atoms with Crippen LogP contribution in [0.1, 0.15) is 31.4 Å². The lowest BCUT2D eigenvalue weighted by Gasteiger charge is -2.15. The van der Waals surface area contributed by atoms with Crippen molar-refractivity contribution in [2.75, 3.05) is 12.4 Å². The lowest BCUT2D eigenvalue weighted by Crippen LogP contribution is -2.44. The Morgan fingerprint density at radius 2 is 2.04 bits per heavy atom. The van der Waals surface area contributed by atoms with Gasteiger partial charge in [0, 0.05) is 13.2 Å². The highest BCUT2D eigenvalue weighted by Crippen LogP contribution is 2.38. The summed E-state index contributed by atoms with van der Waals surface area (Å²) in [6, 6.07) is 0. The second-order valence-corrected chi connectivity index (χ2v) is 5.34. The van der Waals surface area contributed by atoms with Crippen molar-refractivity contribution in [1.29, 1.82) is 0 Å². The molecule has 0 atom stereocenters. The molecular formula is C13H16F2N4O4. The van der Waals surface area contributed by atoms with E-state index >= 15 is 0 Å². The van der Waals surface area contributed by atoms with Gasteiger partial charge in [-0.25, -0.2) is 8.78 Å². The average Bonchev–Trinajstić information content (AvgIpc) is 3.11. The van der Waals surface area contributed by atoms with Crippen LogP contribution < -0.4 is 10.6 Å². The van der Waals surface area contributed by atoms with Crippen LogP contribution in [0.2, 0.25) is 0 Å². The van der Waals surface area contributed by atoms with Crippen LogP contribution in [0, 0.1) is 0 Å². The van der Waals surface area contributed by atoms with Crippen LogP contribution in [0.4, 0.5) is 14.5 Å². The van der Waals surface area contributed by atoms with Crippen LogP contribution >= 0.6 is 0 Å². The standard InChI is InChI=1S/C13H16F2N4O4/c1-19-6-7(9(18-19)10(14)15)16-11(21)12(22)17-13(3-4-13)5-8(20)23-2/h6,10H,3-5H2,1-2H3,(H,16,21)(H,17,22). The summed E-state index contributed by atoms with van der Waals surface area (Å²) in [5, 5.41) is 8.06. The molecule has 0 unspecified atom stereocenters. The molecule has 1 heterocycles. The number of amides is 2. The van der Waals surface area contributed by atoms with Crippen molar-refractivity contribution in [3.63, 3.8) is 0 Å². The fourth-order valence-electron chi connectivity index (χ4n) is 2.09. The van der Waals surface area contributed by atoms with E-state index in [9.17, 15) is 23.2 Å². The van der Waals surface area contributed by atoms with Crippen molar-refractivity contribution in [3.8, 4) is 0 Å². The number of methoxy groups -OCH3 is 1. The molecule has 2 amide bonds. The third kappa shape index (κ3) is 4.02. The Morgan fingerprint density at radius 1 is 1.39 bits per heavy atom. The highest BCUT2D eigenvalue weighted by molar-refractivity contribution is 6.40. The number of aromatic nitrogens is 2. The van der Waals surface area contributed by atoms with Gasteiger partial charge in [0.1, 0.15) is 0 Å². The molecule has 10 heteroatoms. The predicted molar refractivity (Wildman–Crippen MR) is 73.5 cm³/mol. The Kier molecular flexibility index (Phi) is 4.62. The van der Waals surface area contributed by atoms with E-state index in [0.29, 0.717) is 12.8 Å². The number of rotatable bonds is 5. The molecule has 2 N–H and O–H groups in total. The van der Waals surface area contributed by atoms with E-state index in [1.165, 1.54) is 20.4 Å². The van der Waals surface area contributed by atoms with Crippen LogP contribution in [0.25, 0.3) is 0 Å². The van der Waals surface area contributed by atoms with Crippen molar-refractivity contribution >= 4 is 23.5 Å². The fraction of sp³-hybridized carbons (Fsp3) is 0.538. The number of carbonyl (C=O) groups is 3. The topological polar surface area (TPSA) is 102 Å². The molecule has 0 aromatic carbocycles. The number of halogens is 2. The summed E-state index contributed by atoms with van der Waals surface area (Å²) in [5.41, 5.74) is -1.65. The van der Waals surface area contributed by atoms with E-state index < -0.39 is 35.4 Å². The van der Waals surface area contributed by atoms with Gasteiger partial charge >= 0.3 is 17.8 Å². The number of carbonyl (C=O) groups excluding carboxylic acids is 3. The number of alkyl halides is 2. The van der Waals surface area contributed by atoms with Gasteiger partial charge in [-0.15, -0.1) is 0 Å². The molecule has 126 valence electrons. The summed E-state index contributed by atoms with van der Waals surface area (Å²) in [7, 11) is 2.64. The van der Waals surface area contributed by atoms with Gasteiger partial charge in [0.25, 0.3) is 6.43 Å². The molecule has 8 nitrogen and oxygen atoms in total. The summed E-state index contributed by atoms with van der Waals surface area (Å²) in [5.74, 6) is -2.61. The van der Waals surface area contributed by atoms with Gasteiger partial charge in [0.15, 0.2) is 5.69 Å². The summed E-state index contributed by atoms with van der Waals surface area (Å²) in [4.78, 5) is 35.0. The lowest BCUT2D eigenvalue weighted by molar-refractivity contribution is -0.142. The SMILES string of the molecule is COC(=O)CC1(NC(=O)C(=O)Nc2cn(C)nc2C(F)F)CC1. The Balaban J connectivity index is 1.99. The predicted octanol–water partition coefficient (Wildman–Crippen LogP) is 0.508. The average molecular weight is 330 g/mol. The third-order valence-electron chi connectivity index (χ3n) is 3.46. The number of nitrogens with one attached hydrogen (secondary N) is 2. The number of hydrogen-bond acceptors (Lipinski definition) is 5. The first-order chi connectivity index (χ1) is 10.8. The van der Waals surface area contributed by atoms with E-state index in [1.807, 2.05) is 0 Å². The molecular weight excluding hydrogens is 314 g/mol. The molecule has 1 aliphatic carbocycles. The maximum atomic E-state index is 12.8. The molecule has 1 aliphatic rings. The molecule has 0 bridgehead atoms. The van der Waals surface area contributed by atoms with Gasteiger partial charge < -0.3 is 15.4 Å². The minimum absolute atomic E-state index is 0.0440. The van der Waals surface area contributed by atoms with E-state index in [-0.39, 0.29) is 12.1 Å². The van der Waals surface area contributed by atoms with Crippen molar-refractivity contribution in [1.82, 2.24) is 15.1 Å². The smallest absolute Gasteiger partial charge is 0.313 e. The van der Waals surface area contributed by atoms with Crippen molar-refractivity contribution in [2.24, 2.45) is 7.05 Å². The van der Waals surface area contributed by atoms with E-state index in [4.69, 9.17) is 0 Å². The summed E-state index contributed by atoms with van der Waals surface area (Å²) >= 11 is 0. The third-order valence-corrected chi connectivity index (χ3v) is 3.46.